The van der Waals surface area contributed by atoms with Gasteiger partial charge in [0.1, 0.15) is 35.2 Å². The number of amides is 4. The molecule has 6 rings (SSSR count). The first kappa shape index (κ1) is 37.6. The molecule has 282 valence electrons. The highest BCUT2D eigenvalue weighted by Crippen LogP contribution is 2.46. The van der Waals surface area contributed by atoms with E-state index in [1.807, 2.05) is 36.4 Å². The third kappa shape index (κ3) is 7.80. The van der Waals surface area contributed by atoms with Crippen molar-refractivity contribution in [3.8, 4) is 22.8 Å². The highest BCUT2D eigenvalue weighted by Gasteiger charge is 2.62. The summed E-state index contributed by atoms with van der Waals surface area (Å²) < 4.78 is 44.5. The van der Waals surface area contributed by atoms with Crippen LogP contribution in [-0.4, -0.2) is 91.9 Å². The number of alkyl carbamates (subject to hydrolysis) is 1. The van der Waals surface area contributed by atoms with Crippen LogP contribution in [0.4, 0.5) is 4.79 Å². The Morgan fingerprint density at radius 1 is 1.06 bits per heavy atom. The number of carbonyl (C=O) groups excluding carboxylic acids is 4. The van der Waals surface area contributed by atoms with Gasteiger partial charge in [-0.15, -0.1) is 6.58 Å². The van der Waals surface area contributed by atoms with Crippen LogP contribution in [0.25, 0.3) is 22.2 Å². The van der Waals surface area contributed by atoms with Crippen molar-refractivity contribution in [2.24, 2.45) is 11.3 Å². The Bertz CT molecular complexity index is 2050. The number of rotatable bonds is 12. The number of nitrogens with zero attached hydrogens (tertiary/aromatic N) is 2. The molecule has 1 saturated heterocycles. The predicted octanol–water partition coefficient (Wildman–Crippen LogP) is 3.70. The van der Waals surface area contributed by atoms with Crippen LogP contribution in [0.15, 0.2) is 67.3 Å². The molecule has 3 aliphatic rings. The summed E-state index contributed by atoms with van der Waals surface area (Å²) in [5.41, 5.74) is -0.284. The van der Waals surface area contributed by atoms with E-state index in [9.17, 15) is 27.6 Å². The van der Waals surface area contributed by atoms with Gasteiger partial charge in [0.25, 0.3) is 5.91 Å². The molecule has 3 aromatic rings. The van der Waals surface area contributed by atoms with Crippen LogP contribution in [0.5, 0.6) is 11.5 Å². The summed E-state index contributed by atoms with van der Waals surface area (Å²) >= 11 is 0. The molecule has 14 nitrogen and oxygen atoms in total. The van der Waals surface area contributed by atoms with Crippen LogP contribution < -0.4 is 24.8 Å². The lowest BCUT2D eigenvalue weighted by Crippen LogP contribution is -2.60. The zero-order chi connectivity index (χ0) is 38.3. The van der Waals surface area contributed by atoms with Crippen molar-refractivity contribution in [3.05, 3.63) is 67.3 Å². The summed E-state index contributed by atoms with van der Waals surface area (Å²) in [7, 11) is -1.16. The number of fused-ring (bicyclic) bond motifs is 1. The van der Waals surface area contributed by atoms with Crippen molar-refractivity contribution in [2.75, 3.05) is 20.8 Å². The van der Waals surface area contributed by atoms with Gasteiger partial charge in [-0.2, -0.15) is 0 Å². The first-order chi connectivity index (χ1) is 25.1. The first-order valence-electron chi connectivity index (χ1n) is 17.5. The van der Waals surface area contributed by atoms with E-state index in [0.29, 0.717) is 40.9 Å². The van der Waals surface area contributed by atoms with Crippen LogP contribution in [0.3, 0.4) is 0 Å². The molecule has 0 radical (unpaired) electrons. The van der Waals surface area contributed by atoms with Crippen LogP contribution in [0.1, 0.15) is 46.5 Å². The van der Waals surface area contributed by atoms with E-state index in [4.69, 9.17) is 19.2 Å². The summed E-state index contributed by atoms with van der Waals surface area (Å²) in [6.45, 7) is 9.03. The highest BCUT2D eigenvalue weighted by molar-refractivity contribution is 7.91. The summed E-state index contributed by atoms with van der Waals surface area (Å²) in [4.78, 5) is 60.8. The Labute approximate surface area is 308 Å². The standard InChI is InChI=1S/C38H45N5O9S/c1-7-23-20-38(23,35(46)42-53(48,49)26-14-15-26)41-33(44)30-18-25(21-43(30)34(45)32(37(2,3)4)40-36(47)51-6)52-31-19-28(22-11-9-8-10-12-22)39-29-17-24(50-5)13-16-27(29)31/h7-13,16-17,19,23,25-26,30,32H,1,14-15,18,20-21H2,2-6H3,(H,40,47)(H,41,44)(H,42,46)/t23-,25?,30?,32-,38-/m1/s1. The molecule has 2 aromatic carbocycles. The molecule has 2 saturated carbocycles. The molecule has 4 amide bonds. The summed E-state index contributed by atoms with van der Waals surface area (Å²) in [5.74, 6) is -1.55. The van der Waals surface area contributed by atoms with Crippen LogP contribution >= 0.6 is 0 Å². The molecule has 1 aromatic heterocycles. The number of aromatic nitrogens is 1. The van der Waals surface area contributed by atoms with Gasteiger partial charge in [0, 0.05) is 35.4 Å². The summed E-state index contributed by atoms with van der Waals surface area (Å²) in [5, 5.41) is 5.44. The van der Waals surface area contributed by atoms with Crippen LogP contribution in [-0.2, 0) is 29.1 Å². The Kier molecular flexibility index (Phi) is 10.2. The number of nitrogens with one attached hydrogen (secondary N) is 3. The number of benzene rings is 2. The number of hydrogen-bond donors (Lipinski definition) is 3. The first-order valence-corrected chi connectivity index (χ1v) is 19.0. The average Bonchev–Trinajstić information content (AvgIpc) is 4.06. The molecule has 0 bridgehead atoms. The van der Waals surface area contributed by atoms with Crippen molar-refractivity contribution >= 4 is 44.7 Å². The zero-order valence-corrected chi connectivity index (χ0v) is 31.2. The highest BCUT2D eigenvalue weighted by atomic mass is 32.2. The van der Waals surface area contributed by atoms with Gasteiger partial charge in [-0.25, -0.2) is 18.2 Å². The zero-order valence-electron chi connectivity index (χ0n) is 30.4. The molecular formula is C38H45N5O9S. The lowest BCUT2D eigenvalue weighted by molar-refractivity contribution is -0.142. The van der Waals surface area contributed by atoms with E-state index in [1.165, 1.54) is 18.1 Å². The van der Waals surface area contributed by atoms with E-state index in [2.05, 4.69) is 21.9 Å². The van der Waals surface area contributed by atoms with Gasteiger partial charge in [0.05, 0.1) is 37.2 Å². The molecular weight excluding hydrogens is 703 g/mol. The van der Waals surface area contributed by atoms with Crippen LogP contribution in [0, 0.1) is 11.3 Å². The fraction of sp³-hybridized carbons (Fsp3) is 0.447. The van der Waals surface area contributed by atoms with Gasteiger partial charge in [-0.3, -0.25) is 19.1 Å². The van der Waals surface area contributed by atoms with Gasteiger partial charge in [-0.05, 0) is 36.8 Å². The van der Waals surface area contributed by atoms with E-state index >= 15 is 0 Å². The predicted molar refractivity (Wildman–Crippen MR) is 196 cm³/mol. The maximum Gasteiger partial charge on any atom is 0.407 e. The van der Waals surface area contributed by atoms with Gasteiger partial charge in [0.2, 0.25) is 21.8 Å². The van der Waals surface area contributed by atoms with Crippen molar-refractivity contribution < 1.29 is 41.8 Å². The number of hydrogen-bond acceptors (Lipinski definition) is 10. The monoisotopic (exact) mass is 747 g/mol. The maximum atomic E-state index is 14.4. The number of sulfonamides is 1. The number of carbonyl (C=O) groups is 4. The minimum atomic E-state index is -3.91. The molecule has 2 heterocycles. The number of likely N-dealkylation sites (tertiary alicyclic amines) is 1. The van der Waals surface area contributed by atoms with Crippen molar-refractivity contribution in [3.63, 3.8) is 0 Å². The second-order valence-electron chi connectivity index (χ2n) is 14.9. The van der Waals surface area contributed by atoms with E-state index in [1.54, 1.807) is 46.1 Å². The lowest BCUT2D eigenvalue weighted by Gasteiger charge is -2.35. The molecule has 1 aliphatic heterocycles. The fourth-order valence-corrected chi connectivity index (χ4v) is 8.09. The van der Waals surface area contributed by atoms with Gasteiger partial charge < -0.3 is 29.7 Å². The largest absolute Gasteiger partial charge is 0.497 e. The maximum absolute atomic E-state index is 14.4. The van der Waals surface area contributed by atoms with Gasteiger partial charge >= 0.3 is 6.09 Å². The average molecular weight is 748 g/mol. The Morgan fingerprint density at radius 3 is 2.38 bits per heavy atom. The second kappa shape index (κ2) is 14.3. The molecule has 15 heteroatoms. The normalized spacial score (nSPS) is 23.0. The quantitative estimate of drug-likeness (QED) is 0.231. The molecule has 0 spiro atoms. The van der Waals surface area contributed by atoms with Crippen molar-refractivity contribution in [1.82, 2.24) is 25.2 Å². The third-order valence-corrected chi connectivity index (χ3v) is 11.8. The van der Waals surface area contributed by atoms with Crippen molar-refractivity contribution in [1.29, 1.82) is 0 Å². The Morgan fingerprint density at radius 2 is 1.77 bits per heavy atom. The summed E-state index contributed by atoms with van der Waals surface area (Å²) in [6.07, 6.45) is 1.01. The van der Waals surface area contributed by atoms with Crippen molar-refractivity contribution in [2.45, 2.75) is 75.4 Å². The molecule has 53 heavy (non-hydrogen) atoms. The number of methoxy groups -OCH3 is 2. The van der Waals surface area contributed by atoms with Crippen LogP contribution in [0.2, 0.25) is 0 Å². The van der Waals surface area contributed by atoms with E-state index in [0.717, 1.165) is 5.56 Å². The Hall–Kier alpha value is -5.18. The lowest BCUT2D eigenvalue weighted by atomic mass is 9.85. The minimum absolute atomic E-state index is 0.0180. The third-order valence-electron chi connectivity index (χ3n) is 10.0. The number of ether oxygens (including phenoxy) is 3. The smallest absolute Gasteiger partial charge is 0.407 e. The topological polar surface area (TPSA) is 182 Å². The molecule has 3 N–H and O–H groups in total. The van der Waals surface area contributed by atoms with Gasteiger partial charge in [-0.1, -0.05) is 57.2 Å². The molecule has 2 unspecified atom stereocenters. The number of pyridine rings is 1. The summed E-state index contributed by atoms with van der Waals surface area (Å²) in [6, 6.07) is 14.5. The molecule has 3 fully saturated rings. The van der Waals surface area contributed by atoms with E-state index < -0.39 is 74.1 Å². The van der Waals surface area contributed by atoms with Gasteiger partial charge in [0.15, 0.2) is 0 Å². The fourth-order valence-electron chi connectivity index (χ4n) is 6.72. The minimum Gasteiger partial charge on any atom is -0.497 e. The van der Waals surface area contributed by atoms with E-state index in [-0.39, 0.29) is 19.4 Å². The SMILES string of the molecule is C=C[C@@H]1C[C@]1(NC(=O)C1CC(Oc2cc(-c3ccccc3)nc3cc(OC)ccc23)CN1C(=O)[C@@H](NC(=O)OC)C(C)(C)C)C(=O)NS(=O)(=O)C1CC1. The molecule has 2 aliphatic carbocycles. The Balaban J connectivity index is 1.34. The molecule has 5 atom stereocenters. The second-order valence-corrected chi connectivity index (χ2v) is 16.8.